The Morgan fingerprint density at radius 1 is 1.16 bits per heavy atom. The Morgan fingerprint density at radius 3 is 2.88 bits per heavy atom. The highest BCUT2D eigenvalue weighted by atomic mass is 16.5. The molecule has 1 aliphatic heterocycles. The molecule has 6 heteroatoms. The molecular formula is C19H23N5O. The number of benzene rings is 1. The SMILES string of the molecule is COCc1cc(N2CCCC(c3ccccc3)CC2)n2ncnc2n1. The molecule has 1 unspecified atom stereocenters. The van der Waals surface area contributed by atoms with Gasteiger partial charge in [-0.1, -0.05) is 30.3 Å². The van der Waals surface area contributed by atoms with Gasteiger partial charge in [-0.25, -0.2) is 4.98 Å². The average molecular weight is 337 g/mol. The van der Waals surface area contributed by atoms with Crippen LogP contribution >= 0.6 is 0 Å². The van der Waals surface area contributed by atoms with Crippen LogP contribution in [0.15, 0.2) is 42.7 Å². The number of hydrogen-bond donors (Lipinski definition) is 0. The van der Waals surface area contributed by atoms with E-state index in [0.29, 0.717) is 18.3 Å². The smallest absolute Gasteiger partial charge is 0.254 e. The van der Waals surface area contributed by atoms with Gasteiger partial charge in [-0.15, -0.1) is 0 Å². The lowest BCUT2D eigenvalue weighted by atomic mass is 9.92. The summed E-state index contributed by atoms with van der Waals surface area (Å²) in [5, 5.41) is 4.36. The molecule has 2 aromatic heterocycles. The number of ether oxygens (including phenoxy) is 1. The maximum absolute atomic E-state index is 5.26. The predicted molar refractivity (Wildman–Crippen MR) is 96.7 cm³/mol. The van der Waals surface area contributed by atoms with Crippen LogP contribution in [0.2, 0.25) is 0 Å². The van der Waals surface area contributed by atoms with E-state index in [-0.39, 0.29) is 0 Å². The summed E-state index contributed by atoms with van der Waals surface area (Å²) < 4.78 is 7.09. The van der Waals surface area contributed by atoms with E-state index in [2.05, 4.69) is 56.4 Å². The van der Waals surface area contributed by atoms with Crippen molar-refractivity contribution >= 4 is 11.6 Å². The summed E-state index contributed by atoms with van der Waals surface area (Å²) in [6.07, 6.45) is 5.09. The normalized spacial score (nSPS) is 18.4. The van der Waals surface area contributed by atoms with Gasteiger partial charge < -0.3 is 9.64 Å². The van der Waals surface area contributed by atoms with Crippen molar-refractivity contribution in [2.24, 2.45) is 0 Å². The molecule has 1 aromatic carbocycles. The van der Waals surface area contributed by atoms with E-state index in [0.717, 1.165) is 37.4 Å². The number of methoxy groups -OCH3 is 1. The monoisotopic (exact) mass is 337 g/mol. The summed E-state index contributed by atoms with van der Waals surface area (Å²) >= 11 is 0. The first-order valence-corrected chi connectivity index (χ1v) is 8.83. The van der Waals surface area contributed by atoms with Crippen molar-refractivity contribution < 1.29 is 4.74 Å². The van der Waals surface area contributed by atoms with E-state index in [4.69, 9.17) is 4.74 Å². The highest BCUT2D eigenvalue weighted by molar-refractivity contribution is 5.47. The van der Waals surface area contributed by atoms with Crippen molar-refractivity contribution in [1.82, 2.24) is 19.6 Å². The van der Waals surface area contributed by atoms with Crippen LogP contribution < -0.4 is 4.90 Å². The van der Waals surface area contributed by atoms with Crippen LogP contribution in [-0.4, -0.2) is 39.8 Å². The van der Waals surface area contributed by atoms with Gasteiger partial charge >= 0.3 is 0 Å². The minimum absolute atomic E-state index is 0.483. The van der Waals surface area contributed by atoms with Gasteiger partial charge in [0.1, 0.15) is 12.1 Å². The van der Waals surface area contributed by atoms with Crippen LogP contribution in [-0.2, 0) is 11.3 Å². The van der Waals surface area contributed by atoms with Crippen molar-refractivity contribution in [3.8, 4) is 0 Å². The second kappa shape index (κ2) is 7.19. The molecule has 130 valence electrons. The Bertz CT molecular complexity index is 832. The lowest BCUT2D eigenvalue weighted by Gasteiger charge is -2.23. The van der Waals surface area contributed by atoms with Gasteiger partial charge in [-0.2, -0.15) is 14.6 Å². The molecule has 1 fully saturated rings. The zero-order valence-corrected chi connectivity index (χ0v) is 14.5. The van der Waals surface area contributed by atoms with Crippen LogP contribution in [0.4, 0.5) is 5.82 Å². The number of anilines is 1. The maximum Gasteiger partial charge on any atom is 0.254 e. The van der Waals surface area contributed by atoms with Crippen LogP contribution in [0.5, 0.6) is 0 Å². The molecule has 3 heterocycles. The summed E-state index contributed by atoms with van der Waals surface area (Å²) in [6, 6.07) is 12.9. The number of fused-ring (bicyclic) bond motifs is 1. The zero-order valence-electron chi connectivity index (χ0n) is 14.5. The third kappa shape index (κ3) is 3.35. The van der Waals surface area contributed by atoms with Crippen molar-refractivity contribution in [3.63, 3.8) is 0 Å². The molecule has 0 spiro atoms. The van der Waals surface area contributed by atoms with Crippen molar-refractivity contribution in [2.45, 2.75) is 31.8 Å². The Balaban J connectivity index is 1.60. The van der Waals surface area contributed by atoms with Gasteiger partial charge in [-0.05, 0) is 30.7 Å². The summed E-state index contributed by atoms with van der Waals surface area (Å²) in [5.74, 6) is 2.31. The first-order valence-electron chi connectivity index (χ1n) is 8.83. The van der Waals surface area contributed by atoms with Gasteiger partial charge in [0.25, 0.3) is 5.78 Å². The first-order chi connectivity index (χ1) is 12.3. The largest absolute Gasteiger partial charge is 0.378 e. The number of nitrogens with zero attached hydrogens (tertiary/aromatic N) is 5. The molecule has 3 aromatic rings. The summed E-state index contributed by atoms with van der Waals surface area (Å²) in [5.41, 5.74) is 2.34. The lowest BCUT2D eigenvalue weighted by molar-refractivity contribution is 0.181. The molecule has 0 saturated carbocycles. The van der Waals surface area contributed by atoms with Crippen molar-refractivity contribution in [1.29, 1.82) is 0 Å². The van der Waals surface area contributed by atoms with Crippen molar-refractivity contribution in [2.75, 3.05) is 25.1 Å². The summed E-state index contributed by atoms with van der Waals surface area (Å²) in [4.78, 5) is 11.2. The van der Waals surface area contributed by atoms with Crippen LogP contribution in [0.25, 0.3) is 5.78 Å². The molecule has 0 bridgehead atoms. The average Bonchev–Trinajstić information content (AvgIpc) is 2.98. The fraction of sp³-hybridized carbons (Fsp3) is 0.421. The maximum atomic E-state index is 5.26. The molecule has 0 radical (unpaired) electrons. The second-order valence-corrected chi connectivity index (χ2v) is 6.54. The second-order valence-electron chi connectivity index (χ2n) is 6.54. The number of rotatable bonds is 4. The van der Waals surface area contributed by atoms with E-state index in [1.807, 2.05) is 4.52 Å². The minimum Gasteiger partial charge on any atom is -0.378 e. The number of aromatic nitrogens is 4. The molecule has 1 atom stereocenters. The Hall–Kier alpha value is -2.47. The molecule has 25 heavy (non-hydrogen) atoms. The van der Waals surface area contributed by atoms with Crippen LogP contribution in [0, 0.1) is 0 Å². The third-order valence-electron chi connectivity index (χ3n) is 4.90. The molecule has 1 saturated heterocycles. The quantitative estimate of drug-likeness (QED) is 0.732. The van der Waals surface area contributed by atoms with E-state index >= 15 is 0 Å². The van der Waals surface area contributed by atoms with Crippen LogP contribution in [0.3, 0.4) is 0 Å². The van der Waals surface area contributed by atoms with E-state index in [9.17, 15) is 0 Å². The topological polar surface area (TPSA) is 55.6 Å². The Morgan fingerprint density at radius 2 is 2.04 bits per heavy atom. The summed E-state index contributed by atoms with van der Waals surface area (Å²) in [6.45, 7) is 2.51. The Labute approximate surface area is 147 Å². The molecule has 1 aliphatic rings. The minimum atomic E-state index is 0.483. The molecule has 0 N–H and O–H groups in total. The first kappa shape index (κ1) is 16.0. The molecule has 4 rings (SSSR count). The van der Waals surface area contributed by atoms with Gasteiger partial charge in [0.15, 0.2) is 0 Å². The van der Waals surface area contributed by atoms with E-state index in [1.165, 1.54) is 12.0 Å². The van der Waals surface area contributed by atoms with Gasteiger partial charge in [0, 0.05) is 26.3 Å². The van der Waals surface area contributed by atoms with Crippen LogP contribution in [0.1, 0.15) is 36.4 Å². The zero-order chi connectivity index (χ0) is 17.1. The fourth-order valence-electron chi connectivity index (χ4n) is 3.68. The molecule has 0 aliphatic carbocycles. The standard InChI is InChI=1S/C19H23N5O/c1-25-13-17-12-18(24-19(22-17)20-14-21-24)23-10-5-8-16(9-11-23)15-6-3-2-4-7-15/h2-4,6-7,12,14,16H,5,8-11,13H2,1H3. The van der Waals surface area contributed by atoms with E-state index < -0.39 is 0 Å². The fourth-order valence-corrected chi connectivity index (χ4v) is 3.68. The predicted octanol–water partition coefficient (Wildman–Crippen LogP) is 3.04. The highest BCUT2D eigenvalue weighted by Crippen LogP contribution is 2.30. The van der Waals surface area contributed by atoms with Gasteiger partial charge in [-0.3, -0.25) is 0 Å². The summed E-state index contributed by atoms with van der Waals surface area (Å²) in [7, 11) is 1.69. The Kier molecular flexibility index (Phi) is 4.61. The molecule has 0 amide bonds. The van der Waals surface area contributed by atoms with Gasteiger partial charge in [0.2, 0.25) is 0 Å². The molecular weight excluding hydrogens is 314 g/mol. The van der Waals surface area contributed by atoms with Crippen molar-refractivity contribution in [3.05, 3.63) is 54.0 Å². The van der Waals surface area contributed by atoms with Gasteiger partial charge in [0.05, 0.1) is 12.3 Å². The number of hydrogen-bond acceptors (Lipinski definition) is 5. The lowest BCUT2D eigenvalue weighted by Crippen LogP contribution is -2.27. The highest BCUT2D eigenvalue weighted by Gasteiger charge is 2.21. The third-order valence-corrected chi connectivity index (χ3v) is 4.90. The van der Waals surface area contributed by atoms with E-state index in [1.54, 1.807) is 13.4 Å². The molecule has 6 nitrogen and oxygen atoms in total.